The molecule has 1 nitrogen and oxygen atoms in total. The van der Waals surface area contributed by atoms with Crippen molar-refractivity contribution in [1.82, 2.24) is 0 Å². The zero-order valence-electron chi connectivity index (χ0n) is 20.9. The molecule has 2 aliphatic carbocycles. The number of rotatable bonds is 1. The molecule has 2 heteroatoms. The highest BCUT2D eigenvalue weighted by molar-refractivity contribution is 7.11. The van der Waals surface area contributed by atoms with Crippen LogP contribution < -0.4 is 0 Å². The molecule has 2 atom stereocenters. The second kappa shape index (κ2) is 9.87. The van der Waals surface area contributed by atoms with E-state index in [9.17, 15) is 0 Å². The first-order valence-electron chi connectivity index (χ1n) is 12.9. The monoisotopic (exact) mass is 485 g/mol. The van der Waals surface area contributed by atoms with Gasteiger partial charge in [0, 0.05) is 29.6 Å². The highest BCUT2D eigenvalue weighted by Gasteiger charge is 2.28. The van der Waals surface area contributed by atoms with Crippen molar-refractivity contribution in [3.8, 4) is 0 Å². The molecule has 0 saturated carbocycles. The van der Waals surface area contributed by atoms with Crippen LogP contribution in [-0.2, 0) is 12.8 Å². The van der Waals surface area contributed by atoms with Crippen LogP contribution in [0.1, 0.15) is 52.0 Å². The highest BCUT2D eigenvalue weighted by atomic mass is 32.1. The SMILES string of the molecule is C1=Cc2sccc2CC=N1.Cc1ccc2ccc3c(c2c1)CC(C)C1=C3C=CC(c2ccccc2)C1. The van der Waals surface area contributed by atoms with E-state index in [1.165, 1.54) is 43.5 Å². The number of hydrogen-bond acceptors (Lipinski definition) is 2. The third kappa shape index (κ3) is 4.42. The van der Waals surface area contributed by atoms with Gasteiger partial charge in [-0.15, -0.1) is 11.3 Å². The summed E-state index contributed by atoms with van der Waals surface area (Å²) in [5, 5.41) is 4.93. The molecule has 36 heavy (non-hydrogen) atoms. The van der Waals surface area contributed by atoms with Gasteiger partial charge < -0.3 is 0 Å². The second-order valence-electron chi connectivity index (χ2n) is 10.1. The zero-order valence-corrected chi connectivity index (χ0v) is 21.8. The minimum atomic E-state index is 0.515. The molecule has 0 bridgehead atoms. The van der Waals surface area contributed by atoms with Gasteiger partial charge in [-0.25, -0.2) is 0 Å². The van der Waals surface area contributed by atoms with Gasteiger partial charge in [0.2, 0.25) is 0 Å². The van der Waals surface area contributed by atoms with Crippen molar-refractivity contribution in [3.63, 3.8) is 0 Å². The van der Waals surface area contributed by atoms with Crippen molar-refractivity contribution in [2.75, 3.05) is 0 Å². The Kier molecular flexibility index (Phi) is 6.29. The van der Waals surface area contributed by atoms with Crippen LogP contribution in [0, 0.1) is 12.8 Å². The number of benzene rings is 3. The Bertz CT molecular complexity index is 1530. The largest absolute Gasteiger partial charge is 0.269 e. The summed E-state index contributed by atoms with van der Waals surface area (Å²) in [5.74, 6) is 1.13. The van der Waals surface area contributed by atoms with E-state index < -0.39 is 0 Å². The van der Waals surface area contributed by atoms with Crippen molar-refractivity contribution in [1.29, 1.82) is 0 Å². The first kappa shape index (κ1) is 22.9. The van der Waals surface area contributed by atoms with Gasteiger partial charge in [-0.2, -0.15) is 0 Å². The van der Waals surface area contributed by atoms with E-state index in [4.69, 9.17) is 0 Å². The summed E-state index contributed by atoms with van der Waals surface area (Å²) in [6.07, 6.45) is 13.9. The summed E-state index contributed by atoms with van der Waals surface area (Å²) in [6, 6.07) is 24.6. The molecule has 2 unspecified atom stereocenters. The van der Waals surface area contributed by atoms with E-state index in [2.05, 4.69) is 109 Å². The van der Waals surface area contributed by atoms with Gasteiger partial charge in [0.25, 0.3) is 0 Å². The van der Waals surface area contributed by atoms with Gasteiger partial charge in [-0.1, -0.05) is 90.9 Å². The molecule has 3 aliphatic rings. The first-order valence-corrected chi connectivity index (χ1v) is 13.8. The number of hydrogen-bond donors (Lipinski definition) is 0. The fourth-order valence-corrected chi connectivity index (χ4v) is 6.60. The maximum absolute atomic E-state index is 4.06. The summed E-state index contributed by atoms with van der Waals surface area (Å²) >= 11 is 1.77. The molecule has 178 valence electrons. The average molecular weight is 486 g/mol. The molecular formula is C34H31NS. The summed E-state index contributed by atoms with van der Waals surface area (Å²) < 4.78 is 0. The van der Waals surface area contributed by atoms with Crippen LogP contribution in [0.5, 0.6) is 0 Å². The number of allylic oxidation sites excluding steroid dienone is 4. The number of aryl methyl sites for hydroxylation is 1. The van der Waals surface area contributed by atoms with Crippen LogP contribution in [0.4, 0.5) is 0 Å². The van der Waals surface area contributed by atoms with Gasteiger partial charge in [0.05, 0.1) is 0 Å². The molecule has 1 aliphatic heterocycles. The van der Waals surface area contributed by atoms with Crippen LogP contribution in [-0.4, -0.2) is 6.21 Å². The maximum atomic E-state index is 4.06. The molecule has 0 fully saturated rings. The topological polar surface area (TPSA) is 12.4 Å². The lowest BCUT2D eigenvalue weighted by atomic mass is 9.71. The normalized spacial score (nSPS) is 19.7. The summed E-state index contributed by atoms with van der Waals surface area (Å²) in [6.45, 7) is 4.61. The van der Waals surface area contributed by atoms with Crippen molar-refractivity contribution >= 4 is 40.0 Å². The van der Waals surface area contributed by atoms with Crippen LogP contribution in [0.15, 0.2) is 101 Å². The van der Waals surface area contributed by atoms with Gasteiger partial charge in [0.15, 0.2) is 0 Å². The Morgan fingerprint density at radius 1 is 0.917 bits per heavy atom. The molecule has 4 aromatic rings. The zero-order chi connectivity index (χ0) is 24.5. The second-order valence-corrected chi connectivity index (χ2v) is 11.1. The Morgan fingerprint density at radius 3 is 2.67 bits per heavy atom. The number of nitrogens with zero attached hydrogens (tertiary/aromatic N) is 1. The van der Waals surface area contributed by atoms with E-state index in [0.717, 1.165) is 19.3 Å². The molecule has 3 aromatic carbocycles. The van der Waals surface area contributed by atoms with Gasteiger partial charge >= 0.3 is 0 Å². The third-order valence-corrected chi connectivity index (χ3v) is 8.63. The Labute approximate surface area is 218 Å². The van der Waals surface area contributed by atoms with Crippen LogP contribution >= 0.6 is 11.3 Å². The summed E-state index contributed by atoms with van der Waals surface area (Å²) in [7, 11) is 0. The Balaban J connectivity index is 0.000000200. The number of thiophene rings is 1. The quantitative estimate of drug-likeness (QED) is 0.255. The number of fused-ring (bicyclic) bond motifs is 5. The lowest BCUT2D eigenvalue weighted by Gasteiger charge is -2.33. The van der Waals surface area contributed by atoms with Crippen molar-refractivity contribution in [3.05, 3.63) is 129 Å². The Morgan fingerprint density at radius 2 is 1.78 bits per heavy atom. The van der Waals surface area contributed by atoms with E-state index in [0.29, 0.717) is 11.8 Å². The standard InChI is InChI=1S/C26H24.C8H7NS/c1-17-8-9-20-10-12-23-22-13-11-21(19-6-4-3-5-7-19)16-24(22)18(2)15-26(23)25(20)14-17;1-4-9-5-2-8-7(1)3-6-10-8/h3-14,18,21H,15-16H2,1-2H3;2-6H,1H2. The van der Waals surface area contributed by atoms with Crippen LogP contribution in [0.2, 0.25) is 0 Å². The molecule has 0 saturated heterocycles. The first-order chi connectivity index (χ1) is 17.7. The van der Waals surface area contributed by atoms with Gasteiger partial charge in [-0.3, -0.25) is 4.99 Å². The summed E-state index contributed by atoms with van der Waals surface area (Å²) in [5.41, 5.74) is 10.3. The highest BCUT2D eigenvalue weighted by Crippen LogP contribution is 2.45. The average Bonchev–Trinajstić information content (AvgIpc) is 3.25. The molecule has 0 spiro atoms. The molecule has 7 rings (SSSR count). The number of aliphatic imine (C=N–C) groups is 1. The minimum absolute atomic E-state index is 0.515. The predicted molar refractivity (Wildman–Crippen MR) is 157 cm³/mol. The maximum Gasteiger partial charge on any atom is 0.0321 e. The van der Waals surface area contributed by atoms with Gasteiger partial charge in [-0.05, 0) is 81.8 Å². The fourth-order valence-electron chi connectivity index (χ4n) is 5.78. The summed E-state index contributed by atoms with van der Waals surface area (Å²) in [4.78, 5) is 5.40. The lowest BCUT2D eigenvalue weighted by Crippen LogP contribution is -2.18. The molecule has 0 amide bonds. The molecule has 0 N–H and O–H groups in total. The molecule has 1 aromatic heterocycles. The van der Waals surface area contributed by atoms with E-state index in [1.54, 1.807) is 22.5 Å². The van der Waals surface area contributed by atoms with Crippen molar-refractivity contribution < 1.29 is 0 Å². The van der Waals surface area contributed by atoms with Crippen LogP contribution in [0.25, 0.3) is 22.4 Å². The van der Waals surface area contributed by atoms with Crippen molar-refractivity contribution in [2.45, 2.75) is 39.0 Å². The minimum Gasteiger partial charge on any atom is -0.269 e. The predicted octanol–water partition coefficient (Wildman–Crippen LogP) is 9.18. The Hall–Kier alpha value is -3.49. The van der Waals surface area contributed by atoms with Crippen LogP contribution in [0.3, 0.4) is 0 Å². The van der Waals surface area contributed by atoms with Crippen molar-refractivity contribution in [2.24, 2.45) is 10.9 Å². The molecular weight excluding hydrogens is 454 g/mol. The molecule has 2 heterocycles. The van der Waals surface area contributed by atoms with E-state index in [-0.39, 0.29) is 0 Å². The lowest BCUT2D eigenvalue weighted by molar-refractivity contribution is 0.614. The van der Waals surface area contributed by atoms with Gasteiger partial charge in [0.1, 0.15) is 0 Å². The third-order valence-electron chi connectivity index (χ3n) is 7.70. The van der Waals surface area contributed by atoms with E-state index in [1.807, 2.05) is 12.4 Å². The fraction of sp³-hybridized carbons (Fsp3) is 0.206. The molecule has 0 radical (unpaired) electrons. The smallest absolute Gasteiger partial charge is 0.0321 e. The van der Waals surface area contributed by atoms with E-state index >= 15 is 0 Å².